The van der Waals surface area contributed by atoms with Crippen molar-refractivity contribution in [3.8, 4) is 0 Å². The van der Waals surface area contributed by atoms with Gasteiger partial charge >= 0.3 is 5.97 Å². The van der Waals surface area contributed by atoms with E-state index in [4.69, 9.17) is 5.11 Å². The summed E-state index contributed by atoms with van der Waals surface area (Å²) in [6.07, 6.45) is 0.781. The van der Waals surface area contributed by atoms with Gasteiger partial charge in [-0.1, -0.05) is 13.8 Å². The molecular formula is C11H12FNO4S. The number of rotatable bonds is 5. The summed E-state index contributed by atoms with van der Waals surface area (Å²) in [4.78, 5) is 20.8. The lowest BCUT2D eigenvalue weighted by molar-refractivity contribution is -0.385. The zero-order valence-corrected chi connectivity index (χ0v) is 10.7. The number of carboxylic acids is 1. The minimum absolute atomic E-state index is 0.0996. The maximum Gasteiger partial charge on any atom is 0.342 e. The zero-order chi connectivity index (χ0) is 13.9. The van der Waals surface area contributed by atoms with E-state index in [0.717, 1.165) is 24.2 Å². The van der Waals surface area contributed by atoms with Crippen molar-refractivity contribution in [2.75, 3.05) is 0 Å². The van der Waals surface area contributed by atoms with Gasteiger partial charge in [-0.15, -0.1) is 11.8 Å². The number of nitro benzene ring substituents is 1. The van der Waals surface area contributed by atoms with E-state index < -0.39 is 28.0 Å². The van der Waals surface area contributed by atoms with E-state index in [-0.39, 0.29) is 10.1 Å². The van der Waals surface area contributed by atoms with Gasteiger partial charge in [-0.3, -0.25) is 10.1 Å². The predicted molar refractivity (Wildman–Crippen MR) is 65.6 cm³/mol. The molecule has 0 aliphatic rings. The Morgan fingerprint density at radius 1 is 1.61 bits per heavy atom. The maximum atomic E-state index is 13.6. The summed E-state index contributed by atoms with van der Waals surface area (Å²) in [6.45, 7) is 3.78. The van der Waals surface area contributed by atoms with E-state index in [0.29, 0.717) is 6.07 Å². The first kappa shape index (κ1) is 14.4. The number of thioether (sulfide) groups is 1. The van der Waals surface area contributed by atoms with Gasteiger partial charge in [0.05, 0.1) is 11.0 Å². The number of nitro groups is 1. The first-order chi connectivity index (χ1) is 8.36. The number of halogens is 1. The SMILES string of the molecule is CCC(C)Sc1cc(C(=O)O)c([N+](=O)[O-])cc1F. The van der Waals surface area contributed by atoms with Crippen molar-refractivity contribution in [2.24, 2.45) is 0 Å². The van der Waals surface area contributed by atoms with Crippen molar-refractivity contribution in [3.05, 3.63) is 33.6 Å². The van der Waals surface area contributed by atoms with Gasteiger partial charge < -0.3 is 5.11 Å². The highest BCUT2D eigenvalue weighted by atomic mass is 32.2. The van der Waals surface area contributed by atoms with Crippen molar-refractivity contribution < 1.29 is 19.2 Å². The average Bonchev–Trinajstić information content (AvgIpc) is 2.30. The topological polar surface area (TPSA) is 80.4 Å². The van der Waals surface area contributed by atoms with Crippen molar-refractivity contribution in [3.63, 3.8) is 0 Å². The molecule has 0 aromatic heterocycles. The lowest BCUT2D eigenvalue weighted by Gasteiger charge is -2.09. The van der Waals surface area contributed by atoms with Gasteiger partial charge in [0, 0.05) is 10.1 Å². The van der Waals surface area contributed by atoms with Crippen molar-refractivity contribution in [1.29, 1.82) is 0 Å². The van der Waals surface area contributed by atoms with Crippen LogP contribution >= 0.6 is 11.8 Å². The van der Waals surface area contributed by atoms with Gasteiger partial charge in [-0.25, -0.2) is 9.18 Å². The molecular weight excluding hydrogens is 261 g/mol. The highest BCUT2D eigenvalue weighted by molar-refractivity contribution is 8.00. The second-order valence-corrected chi connectivity index (χ2v) is 5.18. The second kappa shape index (κ2) is 5.81. The van der Waals surface area contributed by atoms with Crippen LogP contribution in [0.3, 0.4) is 0 Å². The van der Waals surface area contributed by atoms with Crippen LogP contribution in [0.2, 0.25) is 0 Å². The summed E-state index contributed by atoms with van der Waals surface area (Å²) < 4.78 is 13.6. The lowest BCUT2D eigenvalue weighted by Crippen LogP contribution is -2.05. The number of hydrogen-bond donors (Lipinski definition) is 1. The summed E-state index contributed by atoms with van der Waals surface area (Å²) in [7, 11) is 0. The minimum atomic E-state index is -1.44. The molecule has 0 spiro atoms. The Hall–Kier alpha value is -1.63. The average molecular weight is 273 g/mol. The Kier molecular flexibility index (Phi) is 4.66. The summed E-state index contributed by atoms with van der Waals surface area (Å²) in [5.74, 6) is -2.20. The van der Waals surface area contributed by atoms with Gasteiger partial charge in [0.25, 0.3) is 5.69 Å². The first-order valence-electron chi connectivity index (χ1n) is 5.24. The summed E-state index contributed by atoms with van der Waals surface area (Å²) in [5, 5.41) is 19.6. The van der Waals surface area contributed by atoms with Crippen LogP contribution < -0.4 is 0 Å². The van der Waals surface area contributed by atoms with Crippen LogP contribution in [0.4, 0.5) is 10.1 Å². The van der Waals surface area contributed by atoms with Crippen molar-refractivity contribution in [1.82, 2.24) is 0 Å². The highest BCUT2D eigenvalue weighted by Gasteiger charge is 2.23. The molecule has 0 bridgehead atoms. The fraction of sp³-hybridized carbons (Fsp3) is 0.364. The number of carboxylic acid groups (broad SMARTS) is 1. The monoisotopic (exact) mass is 273 g/mol. The second-order valence-electron chi connectivity index (χ2n) is 3.70. The van der Waals surface area contributed by atoms with E-state index >= 15 is 0 Å². The van der Waals surface area contributed by atoms with Gasteiger partial charge in [0.1, 0.15) is 11.4 Å². The van der Waals surface area contributed by atoms with Gasteiger partial charge in [0.2, 0.25) is 0 Å². The van der Waals surface area contributed by atoms with Crippen LogP contribution in [0.5, 0.6) is 0 Å². The molecule has 1 aromatic carbocycles. The van der Waals surface area contributed by atoms with Crippen molar-refractivity contribution >= 4 is 23.4 Å². The first-order valence-corrected chi connectivity index (χ1v) is 6.12. The molecule has 0 radical (unpaired) electrons. The third-order valence-electron chi connectivity index (χ3n) is 2.38. The van der Waals surface area contributed by atoms with E-state index in [1.54, 1.807) is 0 Å². The van der Waals surface area contributed by atoms with Crippen LogP contribution in [0.15, 0.2) is 17.0 Å². The molecule has 1 atom stereocenters. The Morgan fingerprint density at radius 2 is 2.22 bits per heavy atom. The largest absolute Gasteiger partial charge is 0.477 e. The zero-order valence-electron chi connectivity index (χ0n) is 9.84. The van der Waals surface area contributed by atoms with Crippen LogP contribution in [0.25, 0.3) is 0 Å². The predicted octanol–water partition coefficient (Wildman–Crippen LogP) is 3.32. The van der Waals surface area contributed by atoms with Gasteiger partial charge in [0.15, 0.2) is 0 Å². The Bertz CT molecular complexity index is 492. The maximum absolute atomic E-state index is 13.6. The lowest BCUT2D eigenvalue weighted by atomic mass is 10.2. The molecule has 5 nitrogen and oxygen atoms in total. The highest BCUT2D eigenvalue weighted by Crippen LogP contribution is 2.32. The van der Waals surface area contributed by atoms with Crippen molar-refractivity contribution in [2.45, 2.75) is 30.4 Å². The number of benzene rings is 1. The normalized spacial score (nSPS) is 12.2. The van der Waals surface area contributed by atoms with Crippen LogP contribution in [0.1, 0.15) is 30.6 Å². The van der Waals surface area contributed by atoms with Crippen LogP contribution in [-0.2, 0) is 0 Å². The molecule has 98 valence electrons. The standard InChI is InChI=1S/C11H12FNO4S/c1-3-6(2)18-10-4-7(11(14)15)9(13(16)17)5-8(10)12/h4-6H,3H2,1-2H3,(H,14,15). The Morgan fingerprint density at radius 3 is 2.67 bits per heavy atom. The van der Waals surface area contributed by atoms with Gasteiger partial charge in [-0.2, -0.15) is 0 Å². The summed E-state index contributed by atoms with van der Waals surface area (Å²) in [5.41, 5.74) is -1.22. The molecule has 0 aliphatic carbocycles. The molecule has 1 N–H and O–H groups in total. The molecule has 0 saturated heterocycles. The molecule has 18 heavy (non-hydrogen) atoms. The molecule has 1 aromatic rings. The molecule has 1 unspecified atom stereocenters. The van der Waals surface area contributed by atoms with Crippen LogP contribution in [-0.4, -0.2) is 21.2 Å². The smallest absolute Gasteiger partial charge is 0.342 e. The van der Waals surface area contributed by atoms with E-state index in [2.05, 4.69) is 0 Å². The van der Waals surface area contributed by atoms with Gasteiger partial charge in [-0.05, 0) is 12.5 Å². The molecule has 7 heteroatoms. The minimum Gasteiger partial charge on any atom is -0.477 e. The fourth-order valence-corrected chi connectivity index (χ4v) is 2.21. The Labute approximate surface area is 107 Å². The molecule has 0 saturated carbocycles. The van der Waals surface area contributed by atoms with E-state index in [9.17, 15) is 19.3 Å². The molecule has 0 fully saturated rings. The number of hydrogen-bond acceptors (Lipinski definition) is 4. The number of carbonyl (C=O) groups is 1. The van der Waals surface area contributed by atoms with Crippen LogP contribution in [0, 0.1) is 15.9 Å². The molecule has 0 heterocycles. The molecule has 1 rings (SSSR count). The van der Waals surface area contributed by atoms with E-state index in [1.165, 1.54) is 0 Å². The van der Waals surface area contributed by atoms with E-state index in [1.807, 2.05) is 13.8 Å². The quantitative estimate of drug-likeness (QED) is 0.505. The number of aromatic carboxylic acids is 1. The molecule has 0 amide bonds. The Balaban J connectivity index is 3.27. The third-order valence-corrected chi connectivity index (χ3v) is 3.68. The third kappa shape index (κ3) is 3.19. The summed E-state index contributed by atoms with van der Waals surface area (Å²) >= 11 is 1.16. The molecule has 0 aliphatic heterocycles. The number of nitrogens with zero attached hydrogens (tertiary/aromatic N) is 1. The fourth-order valence-electron chi connectivity index (χ4n) is 1.26. The summed E-state index contributed by atoms with van der Waals surface area (Å²) in [6, 6.07) is 1.68.